The molecule has 0 fully saturated rings. The molecule has 80 valence electrons. The average Bonchev–Trinajstić information content (AvgIpc) is 2.24. The Kier molecular flexibility index (Phi) is 5.44. The Labute approximate surface area is 110 Å². The van der Waals surface area contributed by atoms with E-state index in [-0.39, 0.29) is 6.04 Å². The van der Waals surface area contributed by atoms with Gasteiger partial charge >= 0.3 is 0 Å². The van der Waals surface area contributed by atoms with E-state index in [2.05, 4.69) is 39.9 Å². The van der Waals surface area contributed by atoms with Gasteiger partial charge in [-0.1, -0.05) is 17.7 Å². The molecule has 1 aromatic rings. The highest BCUT2D eigenvalue weighted by Crippen LogP contribution is 2.25. The third-order valence-electron chi connectivity index (χ3n) is 2.27. The fourth-order valence-electron chi connectivity index (χ4n) is 1.43. The maximum Gasteiger partial charge on any atom is 0.0542 e. The van der Waals surface area contributed by atoms with Gasteiger partial charge in [-0.3, -0.25) is 0 Å². The number of benzene rings is 1. The SMILES string of the molecule is C#CCCC(NC)c1ccc(I)c(Cl)c1. The summed E-state index contributed by atoms with van der Waals surface area (Å²) in [5.41, 5.74) is 1.19. The van der Waals surface area contributed by atoms with Crippen LogP contribution in [0.2, 0.25) is 5.02 Å². The van der Waals surface area contributed by atoms with Crippen LogP contribution in [0.4, 0.5) is 0 Å². The lowest BCUT2D eigenvalue weighted by Crippen LogP contribution is -2.16. The smallest absolute Gasteiger partial charge is 0.0542 e. The van der Waals surface area contributed by atoms with Crippen LogP contribution in [0.3, 0.4) is 0 Å². The van der Waals surface area contributed by atoms with E-state index in [0.29, 0.717) is 0 Å². The van der Waals surface area contributed by atoms with Crippen LogP contribution in [0, 0.1) is 15.9 Å². The van der Waals surface area contributed by atoms with Gasteiger partial charge in [0.15, 0.2) is 0 Å². The fraction of sp³-hybridized carbons (Fsp3) is 0.333. The van der Waals surface area contributed by atoms with Crippen molar-refractivity contribution in [2.24, 2.45) is 0 Å². The number of hydrogen-bond acceptors (Lipinski definition) is 1. The normalized spacial score (nSPS) is 12.1. The summed E-state index contributed by atoms with van der Waals surface area (Å²) < 4.78 is 1.07. The second-order valence-corrected chi connectivity index (χ2v) is 4.83. The van der Waals surface area contributed by atoms with Gasteiger partial charge in [0.05, 0.1) is 5.02 Å². The minimum Gasteiger partial charge on any atom is -0.313 e. The van der Waals surface area contributed by atoms with Crippen molar-refractivity contribution in [3.63, 3.8) is 0 Å². The second kappa shape index (κ2) is 6.37. The first kappa shape index (κ1) is 12.8. The summed E-state index contributed by atoms with van der Waals surface area (Å²) >= 11 is 8.29. The number of terminal acetylenes is 1. The minimum atomic E-state index is 0.288. The van der Waals surface area contributed by atoms with Gasteiger partial charge < -0.3 is 5.32 Å². The van der Waals surface area contributed by atoms with Crippen LogP contribution in [0.15, 0.2) is 18.2 Å². The van der Waals surface area contributed by atoms with E-state index < -0.39 is 0 Å². The van der Waals surface area contributed by atoms with Crippen LogP contribution in [0.25, 0.3) is 0 Å². The molecule has 0 aliphatic rings. The van der Waals surface area contributed by atoms with Crippen molar-refractivity contribution in [2.75, 3.05) is 7.05 Å². The van der Waals surface area contributed by atoms with E-state index >= 15 is 0 Å². The molecule has 0 aromatic heterocycles. The molecule has 3 heteroatoms. The standard InChI is InChI=1S/C12H13ClIN/c1-3-4-5-12(15-2)9-6-7-11(14)10(13)8-9/h1,6-8,12,15H,4-5H2,2H3. The lowest BCUT2D eigenvalue weighted by atomic mass is 10.0. The van der Waals surface area contributed by atoms with Crippen molar-refractivity contribution in [2.45, 2.75) is 18.9 Å². The molecule has 1 rings (SSSR count). The molecular weight excluding hydrogens is 320 g/mol. The highest BCUT2D eigenvalue weighted by Gasteiger charge is 2.09. The van der Waals surface area contributed by atoms with Gasteiger partial charge in [0.1, 0.15) is 0 Å². The van der Waals surface area contributed by atoms with Crippen molar-refractivity contribution in [3.05, 3.63) is 32.4 Å². The summed E-state index contributed by atoms with van der Waals surface area (Å²) in [4.78, 5) is 0. The van der Waals surface area contributed by atoms with Gasteiger partial charge in [-0.2, -0.15) is 0 Å². The van der Waals surface area contributed by atoms with Crippen LogP contribution in [0.1, 0.15) is 24.4 Å². The van der Waals surface area contributed by atoms with E-state index in [1.807, 2.05) is 19.2 Å². The molecule has 1 atom stereocenters. The van der Waals surface area contributed by atoms with E-state index in [0.717, 1.165) is 21.4 Å². The molecule has 0 saturated carbocycles. The summed E-state index contributed by atoms with van der Waals surface area (Å²) in [7, 11) is 1.94. The molecule has 1 aromatic carbocycles. The first-order chi connectivity index (χ1) is 7.19. The molecular formula is C12H13ClIN. The highest BCUT2D eigenvalue weighted by atomic mass is 127. The Morgan fingerprint density at radius 3 is 2.87 bits per heavy atom. The number of hydrogen-bond donors (Lipinski definition) is 1. The predicted molar refractivity (Wildman–Crippen MR) is 74.0 cm³/mol. The Morgan fingerprint density at radius 2 is 2.33 bits per heavy atom. The predicted octanol–water partition coefficient (Wildman–Crippen LogP) is 3.62. The molecule has 0 aliphatic carbocycles. The molecule has 0 aliphatic heterocycles. The Morgan fingerprint density at radius 1 is 1.60 bits per heavy atom. The summed E-state index contributed by atoms with van der Waals surface area (Å²) in [5.74, 6) is 2.65. The van der Waals surface area contributed by atoms with Gasteiger partial charge in [-0.15, -0.1) is 12.3 Å². The number of nitrogens with one attached hydrogen (secondary N) is 1. The first-order valence-corrected chi connectivity index (χ1v) is 6.20. The van der Waals surface area contributed by atoms with Crippen molar-refractivity contribution >= 4 is 34.2 Å². The van der Waals surface area contributed by atoms with Crippen molar-refractivity contribution < 1.29 is 0 Å². The zero-order valence-electron chi connectivity index (χ0n) is 8.56. The van der Waals surface area contributed by atoms with E-state index in [1.165, 1.54) is 5.56 Å². The van der Waals surface area contributed by atoms with Gasteiger partial charge in [0.2, 0.25) is 0 Å². The first-order valence-electron chi connectivity index (χ1n) is 4.74. The zero-order valence-corrected chi connectivity index (χ0v) is 11.5. The van der Waals surface area contributed by atoms with Gasteiger partial charge in [0.25, 0.3) is 0 Å². The monoisotopic (exact) mass is 333 g/mol. The highest BCUT2D eigenvalue weighted by molar-refractivity contribution is 14.1. The van der Waals surface area contributed by atoms with Crippen molar-refractivity contribution in [3.8, 4) is 12.3 Å². The summed E-state index contributed by atoms with van der Waals surface area (Å²) in [5, 5.41) is 4.04. The van der Waals surface area contributed by atoms with Crippen LogP contribution in [-0.2, 0) is 0 Å². The maximum absolute atomic E-state index is 6.07. The molecule has 0 saturated heterocycles. The third-order valence-corrected chi connectivity index (χ3v) is 3.84. The Bertz CT molecular complexity index is 370. The van der Waals surface area contributed by atoms with E-state index in [4.69, 9.17) is 18.0 Å². The van der Waals surface area contributed by atoms with Gasteiger partial charge in [0, 0.05) is 16.0 Å². The van der Waals surface area contributed by atoms with Crippen molar-refractivity contribution in [1.82, 2.24) is 5.32 Å². The van der Waals surface area contributed by atoms with Crippen LogP contribution >= 0.6 is 34.2 Å². The quantitative estimate of drug-likeness (QED) is 0.655. The Hall–Kier alpha value is -0.240. The fourth-order valence-corrected chi connectivity index (χ4v) is 1.96. The topological polar surface area (TPSA) is 12.0 Å². The second-order valence-electron chi connectivity index (χ2n) is 3.26. The summed E-state index contributed by atoms with van der Waals surface area (Å²) in [6.45, 7) is 0. The maximum atomic E-state index is 6.07. The number of halogens is 2. The number of rotatable bonds is 4. The summed E-state index contributed by atoms with van der Waals surface area (Å²) in [6.07, 6.45) is 6.97. The lowest BCUT2D eigenvalue weighted by Gasteiger charge is -2.15. The molecule has 15 heavy (non-hydrogen) atoms. The molecule has 1 N–H and O–H groups in total. The molecule has 0 spiro atoms. The molecule has 1 nitrogen and oxygen atoms in total. The average molecular weight is 334 g/mol. The van der Waals surface area contributed by atoms with Crippen molar-refractivity contribution in [1.29, 1.82) is 0 Å². The lowest BCUT2D eigenvalue weighted by molar-refractivity contribution is 0.558. The van der Waals surface area contributed by atoms with Gasteiger partial charge in [-0.05, 0) is 53.8 Å². The Balaban J connectivity index is 2.83. The van der Waals surface area contributed by atoms with Crippen LogP contribution < -0.4 is 5.32 Å². The molecule has 0 heterocycles. The third kappa shape index (κ3) is 3.67. The largest absolute Gasteiger partial charge is 0.313 e. The molecule has 1 unspecified atom stereocenters. The summed E-state index contributed by atoms with van der Waals surface area (Å²) in [6, 6.07) is 6.40. The molecule has 0 amide bonds. The van der Waals surface area contributed by atoms with E-state index in [9.17, 15) is 0 Å². The van der Waals surface area contributed by atoms with E-state index in [1.54, 1.807) is 0 Å². The molecule has 0 radical (unpaired) electrons. The molecule has 0 bridgehead atoms. The van der Waals surface area contributed by atoms with Crippen LogP contribution in [0.5, 0.6) is 0 Å². The minimum absolute atomic E-state index is 0.288. The van der Waals surface area contributed by atoms with Gasteiger partial charge in [-0.25, -0.2) is 0 Å². The van der Waals surface area contributed by atoms with Crippen LogP contribution in [-0.4, -0.2) is 7.05 Å². The zero-order chi connectivity index (χ0) is 11.3.